The second-order valence-corrected chi connectivity index (χ2v) is 4.41. The van der Waals surface area contributed by atoms with Crippen LogP contribution in [0.2, 0.25) is 10.0 Å². The Labute approximate surface area is 105 Å². The summed E-state index contributed by atoms with van der Waals surface area (Å²) in [6.45, 7) is 5.03. The molecule has 0 saturated carbocycles. The normalized spacial score (nSPS) is 10.9. The van der Waals surface area contributed by atoms with Crippen molar-refractivity contribution in [2.45, 2.75) is 20.0 Å². The van der Waals surface area contributed by atoms with Crippen LogP contribution >= 0.6 is 23.2 Å². The van der Waals surface area contributed by atoms with E-state index < -0.39 is 5.82 Å². The van der Waals surface area contributed by atoms with E-state index in [1.54, 1.807) is 0 Å². The van der Waals surface area contributed by atoms with E-state index in [0.29, 0.717) is 18.8 Å². The van der Waals surface area contributed by atoms with Gasteiger partial charge in [-0.1, -0.05) is 23.2 Å². The molecule has 0 fully saturated rings. The third kappa shape index (κ3) is 4.16. The van der Waals surface area contributed by atoms with Gasteiger partial charge in [-0.05, 0) is 26.0 Å². The number of hydrogen-bond donors (Lipinski definition) is 1. The predicted octanol–water partition coefficient (Wildman–Crippen LogP) is 3.97. The summed E-state index contributed by atoms with van der Waals surface area (Å²) in [6.07, 6.45) is 0.181. The van der Waals surface area contributed by atoms with Crippen LogP contribution in [0.3, 0.4) is 0 Å². The molecule has 16 heavy (non-hydrogen) atoms. The van der Waals surface area contributed by atoms with Crippen molar-refractivity contribution in [2.24, 2.45) is 0 Å². The molecule has 1 aromatic carbocycles. The van der Waals surface area contributed by atoms with Crippen molar-refractivity contribution < 1.29 is 9.13 Å². The lowest BCUT2D eigenvalue weighted by atomic mass is 10.3. The number of rotatable bonds is 5. The second kappa shape index (κ2) is 6.28. The van der Waals surface area contributed by atoms with Crippen LogP contribution in [0.15, 0.2) is 12.1 Å². The first-order valence-corrected chi connectivity index (χ1v) is 5.76. The van der Waals surface area contributed by atoms with Crippen molar-refractivity contribution >= 4 is 28.9 Å². The third-order valence-electron chi connectivity index (χ3n) is 1.86. The summed E-state index contributed by atoms with van der Waals surface area (Å²) >= 11 is 11.7. The molecule has 0 atom stereocenters. The molecular formula is C11H14Cl2FNO. The largest absolute Gasteiger partial charge is 0.380 e. The highest BCUT2D eigenvalue weighted by molar-refractivity contribution is 6.39. The highest BCUT2D eigenvalue weighted by atomic mass is 35.5. The summed E-state index contributed by atoms with van der Waals surface area (Å²) in [6, 6.07) is 2.44. The highest BCUT2D eigenvalue weighted by Crippen LogP contribution is 2.30. The van der Waals surface area contributed by atoms with Gasteiger partial charge in [-0.3, -0.25) is 0 Å². The maximum Gasteiger partial charge on any atom is 0.126 e. The molecule has 0 aliphatic carbocycles. The first kappa shape index (κ1) is 13.6. The molecular weight excluding hydrogens is 252 g/mol. The van der Waals surface area contributed by atoms with Crippen LogP contribution in [0.1, 0.15) is 13.8 Å². The molecule has 1 rings (SSSR count). The van der Waals surface area contributed by atoms with Crippen LogP contribution in [0.4, 0.5) is 10.1 Å². The summed E-state index contributed by atoms with van der Waals surface area (Å²) < 4.78 is 18.2. The maximum atomic E-state index is 12.9. The van der Waals surface area contributed by atoms with Crippen molar-refractivity contribution in [3.8, 4) is 0 Å². The Morgan fingerprint density at radius 1 is 1.31 bits per heavy atom. The standard InChI is InChI=1S/C11H14Cl2FNO/c1-7(2)16-4-3-15-11-9(12)5-8(14)6-10(11)13/h5-7,15H,3-4H2,1-2H3. The minimum Gasteiger partial charge on any atom is -0.380 e. The first-order chi connectivity index (χ1) is 7.50. The van der Waals surface area contributed by atoms with Crippen molar-refractivity contribution in [1.82, 2.24) is 0 Å². The van der Waals surface area contributed by atoms with E-state index in [1.165, 1.54) is 12.1 Å². The molecule has 0 amide bonds. The Hall–Kier alpha value is -0.510. The van der Waals surface area contributed by atoms with Gasteiger partial charge in [-0.2, -0.15) is 0 Å². The lowest BCUT2D eigenvalue weighted by molar-refractivity contribution is 0.0870. The molecule has 0 saturated heterocycles. The van der Waals surface area contributed by atoms with E-state index in [2.05, 4.69) is 5.32 Å². The number of halogens is 3. The number of nitrogens with one attached hydrogen (secondary N) is 1. The van der Waals surface area contributed by atoms with E-state index in [-0.39, 0.29) is 16.1 Å². The van der Waals surface area contributed by atoms with E-state index >= 15 is 0 Å². The molecule has 1 N–H and O–H groups in total. The molecule has 0 spiro atoms. The van der Waals surface area contributed by atoms with Crippen molar-refractivity contribution in [3.63, 3.8) is 0 Å². The lowest BCUT2D eigenvalue weighted by Gasteiger charge is -2.12. The van der Waals surface area contributed by atoms with Gasteiger partial charge in [0.25, 0.3) is 0 Å². The molecule has 0 aromatic heterocycles. The first-order valence-electron chi connectivity index (χ1n) is 5.00. The van der Waals surface area contributed by atoms with E-state index in [0.717, 1.165) is 0 Å². The number of hydrogen-bond acceptors (Lipinski definition) is 2. The molecule has 5 heteroatoms. The Morgan fingerprint density at radius 2 is 1.88 bits per heavy atom. The second-order valence-electron chi connectivity index (χ2n) is 3.59. The van der Waals surface area contributed by atoms with Gasteiger partial charge in [-0.15, -0.1) is 0 Å². The molecule has 0 aliphatic heterocycles. The van der Waals surface area contributed by atoms with Crippen LogP contribution in [-0.4, -0.2) is 19.3 Å². The van der Waals surface area contributed by atoms with Gasteiger partial charge in [0.1, 0.15) is 5.82 Å². The SMILES string of the molecule is CC(C)OCCNc1c(Cl)cc(F)cc1Cl. The zero-order valence-corrected chi connectivity index (χ0v) is 10.7. The minimum atomic E-state index is -0.445. The summed E-state index contributed by atoms with van der Waals surface area (Å²) in [5.74, 6) is -0.445. The number of benzene rings is 1. The quantitative estimate of drug-likeness (QED) is 0.814. The van der Waals surface area contributed by atoms with Crippen LogP contribution < -0.4 is 5.32 Å². The number of ether oxygens (including phenoxy) is 1. The van der Waals surface area contributed by atoms with Gasteiger partial charge in [-0.25, -0.2) is 4.39 Å². The molecule has 0 radical (unpaired) electrons. The fraction of sp³-hybridized carbons (Fsp3) is 0.455. The van der Waals surface area contributed by atoms with Crippen molar-refractivity contribution in [2.75, 3.05) is 18.5 Å². The summed E-state index contributed by atoms with van der Waals surface area (Å²) in [7, 11) is 0. The molecule has 0 unspecified atom stereocenters. The van der Waals surface area contributed by atoms with Gasteiger partial charge in [0.05, 0.1) is 28.4 Å². The van der Waals surface area contributed by atoms with Gasteiger partial charge < -0.3 is 10.1 Å². The van der Waals surface area contributed by atoms with Gasteiger partial charge in [0.15, 0.2) is 0 Å². The van der Waals surface area contributed by atoms with Crippen molar-refractivity contribution in [3.05, 3.63) is 28.0 Å². The summed E-state index contributed by atoms with van der Waals surface area (Å²) in [5, 5.41) is 3.55. The van der Waals surface area contributed by atoms with Crippen molar-refractivity contribution in [1.29, 1.82) is 0 Å². The predicted molar refractivity (Wildman–Crippen MR) is 66.0 cm³/mol. The van der Waals surface area contributed by atoms with Crippen LogP contribution in [0, 0.1) is 5.82 Å². The highest BCUT2D eigenvalue weighted by Gasteiger charge is 2.07. The van der Waals surface area contributed by atoms with Crippen LogP contribution in [0.25, 0.3) is 0 Å². The van der Waals surface area contributed by atoms with Gasteiger partial charge in [0.2, 0.25) is 0 Å². The average Bonchev–Trinajstić information content (AvgIpc) is 2.14. The van der Waals surface area contributed by atoms with E-state index in [1.807, 2.05) is 13.8 Å². The monoisotopic (exact) mass is 265 g/mol. The molecule has 0 bridgehead atoms. The topological polar surface area (TPSA) is 21.3 Å². The van der Waals surface area contributed by atoms with Gasteiger partial charge >= 0.3 is 0 Å². The van der Waals surface area contributed by atoms with E-state index in [9.17, 15) is 4.39 Å². The van der Waals surface area contributed by atoms with Crippen LogP contribution in [-0.2, 0) is 4.74 Å². The number of anilines is 1. The minimum absolute atomic E-state index is 0.181. The average molecular weight is 266 g/mol. The Kier molecular flexibility index (Phi) is 5.32. The zero-order valence-electron chi connectivity index (χ0n) is 9.19. The zero-order chi connectivity index (χ0) is 12.1. The molecule has 0 heterocycles. The van der Waals surface area contributed by atoms with Gasteiger partial charge in [0, 0.05) is 6.54 Å². The summed E-state index contributed by atoms with van der Waals surface area (Å²) in [5.41, 5.74) is 0.539. The Morgan fingerprint density at radius 3 is 2.38 bits per heavy atom. The molecule has 1 aromatic rings. The molecule has 90 valence electrons. The fourth-order valence-corrected chi connectivity index (χ4v) is 1.78. The lowest BCUT2D eigenvalue weighted by Crippen LogP contribution is -2.13. The maximum absolute atomic E-state index is 12.9. The smallest absolute Gasteiger partial charge is 0.126 e. The Bertz CT molecular complexity index is 335. The summed E-state index contributed by atoms with van der Waals surface area (Å²) in [4.78, 5) is 0. The third-order valence-corrected chi connectivity index (χ3v) is 2.46. The van der Waals surface area contributed by atoms with E-state index in [4.69, 9.17) is 27.9 Å². The molecule has 0 aliphatic rings. The fourth-order valence-electron chi connectivity index (χ4n) is 1.18. The van der Waals surface area contributed by atoms with Crippen LogP contribution in [0.5, 0.6) is 0 Å². The molecule has 2 nitrogen and oxygen atoms in total. The Balaban J connectivity index is 2.54.